The molecule has 0 aliphatic carbocycles. The van der Waals surface area contributed by atoms with Crippen molar-refractivity contribution in [3.05, 3.63) is 33.8 Å². The standard InChI is InChI=1S/C14H15Cl2NO2/c15-9-3-4-12(16)11(6-9)14(18)13-7-17-5-1-2-10(17)8-19-13/h3-4,6,10,13H,1-2,5,7-8H2. The Balaban J connectivity index is 1.78. The Morgan fingerprint density at radius 2 is 2.21 bits per heavy atom. The summed E-state index contributed by atoms with van der Waals surface area (Å²) in [5.41, 5.74) is 0.455. The molecule has 102 valence electrons. The van der Waals surface area contributed by atoms with E-state index in [-0.39, 0.29) is 5.78 Å². The van der Waals surface area contributed by atoms with Gasteiger partial charge in [-0.3, -0.25) is 9.69 Å². The number of carbonyl (C=O) groups excluding carboxylic acids is 1. The van der Waals surface area contributed by atoms with Crippen LogP contribution in [0.2, 0.25) is 10.0 Å². The summed E-state index contributed by atoms with van der Waals surface area (Å²) in [4.78, 5) is 14.8. The lowest BCUT2D eigenvalue weighted by Gasteiger charge is -2.34. The van der Waals surface area contributed by atoms with Gasteiger partial charge < -0.3 is 4.74 Å². The Morgan fingerprint density at radius 3 is 3.05 bits per heavy atom. The van der Waals surface area contributed by atoms with Crippen molar-refractivity contribution in [2.45, 2.75) is 25.0 Å². The molecule has 1 aromatic rings. The number of ketones is 1. The zero-order valence-corrected chi connectivity index (χ0v) is 12.0. The first kappa shape index (κ1) is 13.4. The van der Waals surface area contributed by atoms with E-state index in [0.29, 0.717) is 34.8 Å². The number of rotatable bonds is 2. The quantitative estimate of drug-likeness (QED) is 0.786. The van der Waals surface area contributed by atoms with E-state index in [9.17, 15) is 4.79 Å². The van der Waals surface area contributed by atoms with Crippen LogP contribution in [-0.4, -0.2) is 42.5 Å². The molecular formula is C14H15Cl2NO2. The molecule has 5 heteroatoms. The van der Waals surface area contributed by atoms with Gasteiger partial charge in [-0.2, -0.15) is 0 Å². The Bertz CT molecular complexity index is 506. The lowest BCUT2D eigenvalue weighted by atomic mass is 10.0. The fourth-order valence-electron chi connectivity index (χ4n) is 2.84. The van der Waals surface area contributed by atoms with Gasteiger partial charge >= 0.3 is 0 Å². The molecule has 3 nitrogen and oxygen atoms in total. The number of morpholine rings is 1. The highest BCUT2D eigenvalue weighted by atomic mass is 35.5. The van der Waals surface area contributed by atoms with Crippen LogP contribution in [0.3, 0.4) is 0 Å². The summed E-state index contributed by atoms with van der Waals surface area (Å²) in [6.07, 6.45) is 1.93. The van der Waals surface area contributed by atoms with Gasteiger partial charge in [-0.05, 0) is 37.6 Å². The van der Waals surface area contributed by atoms with Gasteiger partial charge in [-0.15, -0.1) is 0 Å². The average Bonchev–Trinajstić information content (AvgIpc) is 2.88. The van der Waals surface area contributed by atoms with Crippen LogP contribution >= 0.6 is 23.2 Å². The van der Waals surface area contributed by atoms with E-state index >= 15 is 0 Å². The number of fused-ring (bicyclic) bond motifs is 1. The summed E-state index contributed by atoms with van der Waals surface area (Å²) in [7, 11) is 0. The first-order chi connectivity index (χ1) is 9.15. The molecule has 2 aliphatic heterocycles. The lowest BCUT2D eigenvalue weighted by Crippen LogP contribution is -2.49. The highest BCUT2D eigenvalue weighted by Crippen LogP contribution is 2.27. The van der Waals surface area contributed by atoms with Crippen molar-refractivity contribution in [3.63, 3.8) is 0 Å². The monoisotopic (exact) mass is 299 g/mol. The number of ether oxygens (including phenoxy) is 1. The van der Waals surface area contributed by atoms with Crippen LogP contribution in [0.15, 0.2) is 18.2 Å². The predicted octanol–water partition coefficient (Wildman–Crippen LogP) is 3.04. The van der Waals surface area contributed by atoms with Gasteiger partial charge in [0.1, 0.15) is 6.10 Å². The maximum atomic E-state index is 12.5. The Morgan fingerprint density at radius 1 is 1.37 bits per heavy atom. The molecule has 1 aromatic carbocycles. The second-order valence-corrected chi connectivity index (χ2v) is 5.95. The minimum atomic E-state index is -0.426. The number of benzene rings is 1. The minimum Gasteiger partial charge on any atom is -0.367 e. The maximum Gasteiger partial charge on any atom is 0.194 e. The van der Waals surface area contributed by atoms with Crippen LogP contribution in [0.5, 0.6) is 0 Å². The Hall–Kier alpha value is -0.610. The molecule has 3 rings (SSSR count). The molecule has 19 heavy (non-hydrogen) atoms. The van der Waals surface area contributed by atoms with Crippen molar-refractivity contribution in [2.75, 3.05) is 19.7 Å². The van der Waals surface area contributed by atoms with Crippen LogP contribution in [-0.2, 0) is 4.74 Å². The zero-order valence-electron chi connectivity index (χ0n) is 10.4. The predicted molar refractivity (Wildman–Crippen MR) is 75.1 cm³/mol. The van der Waals surface area contributed by atoms with Crippen LogP contribution < -0.4 is 0 Å². The van der Waals surface area contributed by atoms with Crippen molar-refractivity contribution in [2.24, 2.45) is 0 Å². The van der Waals surface area contributed by atoms with E-state index in [1.165, 1.54) is 12.8 Å². The molecule has 2 aliphatic rings. The molecule has 2 fully saturated rings. The summed E-state index contributed by atoms with van der Waals surface area (Å²) >= 11 is 12.0. The number of halogens is 2. The molecule has 0 saturated carbocycles. The number of nitrogens with zero attached hydrogens (tertiary/aromatic N) is 1. The van der Waals surface area contributed by atoms with Crippen molar-refractivity contribution < 1.29 is 9.53 Å². The molecule has 0 amide bonds. The first-order valence-corrected chi connectivity index (χ1v) is 7.25. The second kappa shape index (κ2) is 5.41. The van der Waals surface area contributed by atoms with Gasteiger partial charge in [0.2, 0.25) is 0 Å². The van der Waals surface area contributed by atoms with E-state index in [0.717, 1.165) is 6.54 Å². The zero-order chi connectivity index (χ0) is 13.4. The van der Waals surface area contributed by atoms with Gasteiger partial charge in [-0.25, -0.2) is 0 Å². The highest BCUT2D eigenvalue weighted by molar-refractivity contribution is 6.36. The van der Waals surface area contributed by atoms with Gasteiger partial charge in [0, 0.05) is 23.2 Å². The molecule has 0 aromatic heterocycles. The third-order valence-electron chi connectivity index (χ3n) is 3.88. The van der Waals surface area contributed by atoms with Gasteiger partial charge in [0.25, 0.3) is 0 Å². The van der Waals surface area contributed by atoms with Crippen molar-refractivity contribution >= 4 is 29.0 Å². The Labute approximate surface area is 122 Å². The van der Waals surface area contributed by atoms with Crippen LogP contribution in [0.1, 0.15) is 23.2 Å². The van der Waals surface area contributed by atoms with E-state index < -0.39 is 6.10 Å². The van der Waals surface area contributed by atoms with E-state index in [4.69, 9.17) is 27.9 Å². The van der Waals surface area contributed by atoms with Gasteiger partial charge in [0.05, 0.1) is 11.6 Å². The molecule has 2 heterocycles. The topological polar surface area (TPSA) is 29.5 Å². The normalized spacial score (nSPS) is 27.3. The van der Waals surface area contributed by atoms with Gasteiger partial charge in [0.15, 0.2) is 5.78 Å². The second-order valence-electron chi connectivity index (χ2n) is 5.10. The highest BCUT2D eigenvalue weighted by Gasteiger charge is 2.36. The summed E-state index contributed by atoms with van der Waals surface area (Å²) in [6, 6.07) is 5.43. The fraction of sp³-hybridized carbons (Fsp3) is 0.500. The summed E-state index contributed by atoms with van der Waals surface area (Å²) in [5.74, 6) is -0.0714. The summed E-state index contributed by atoms with van der Waals surface area (Å²) in [5, 5.41) is 0.948. The molecule has 2 atom stereocenters. The van der Waals surface area contributed by atoms with Gasteiger partial charge in [-0.1, -0.05) is 23.2 Å². The number of hydrogen-bond donors (Lipinski definition) is 0. The lowest BCUT2D eigenvalue weighted by molar-refractivity contribution is -0.0344. The van der Waals surface area contributed by atoms with Crippen LogP contribution in [0, 0.1) is 0 Å². The summed E-state index contributed by atoms with van der Waals surface area (Å²) < 4.78 is 5.71. The number of carbonyl (C=O) groups is 1. The maximum absolute atomic E-state index is 12.5. The molecule has 2 saturated heterocycles. The summed E-state index contributed by atoms with van der Waals surface area (Å²) in [6.45, 7) is 2.35. The molecule has 0 spiro atoms. The smallest absolute Gasteiger partial charge is 0.194 e. The van der Waals surface area contributed by atoms with Crippen molar-refractivity contribution in [1.29, 1.82) is 0 Å². The third-order valence-corrected chi connectivity index (χ3v) is 4.44. The van der Waals surface area contributed by atoms with E-state index in [1.807, 2.05) is 0 Å². The van der Waals surface area contributed by atoms with E-state index in [2.05, 4.69) is 4.90 Å². The average molecular weight is 300 g/mol. The molecule has 0 bridgehead atoms. The SMILES string of the molecule is O=C(c1cc(Cl)ccc1Cl)C1CN2CCCC2CO1. The van der Waals surface area contributed by atoms with Crippen molar-refractivity contribution in [3.8, 4) is 0 Å². The molecule has 0 N–H and O–H groups in total. The van der Waals surface area contributed by atoms with E-state index in [1.54, 1.807) is 18.2 Å². The molecule has 0 radical (unpaired) electrons. The van der Waals surface area contributed by atoms with Crippen LogP contribution in [0.25, 0.3) is 0 Å². The van der Waals surface area contributed by atoms with Crippen LogP contribution in [0.4, 0.5) is 0 Å². The molecule has 2 unspecified atom stereocenters. The van der Waals surface area contributed by atoms with Crippen molar-refractivity contribution in [1.82, 2.24) is 4.90 Å². The Kier molecular flexibility index (Phi) is 3.81. The fourth-order valence-corrected chi connectivity index (χ4v) is 3.22. The largest absolute Gasteiger partial charge is 0.367 e. The number of hydrogen-bond acceptors (Lipinski definition) is 3. The third kappa shape index (κ3) is 2.65. The molecular weight excluding hydrogens is 285 g/mol. The number of Topliss-reactive ketones (excluding diaryl/α,β-unsaturated/α-hetero) is 1. The minimum absolute atomic E-state index is 0.0714. The first-order valence-electron chi connectivity index (χ1n) is 6.50.